The molecule has 18 nitrogen and oxygen atoms in total. The molecule has 0 fully saturated rings. The fourth-order valence-electron chi connectivity index (χ4n) is 9.21. The molecule has 0 aliphatic heterocycles. The highest BCUT2D eigenvalue weighted by molar-refractivity contribution is 7.63. The molecule has 0 N–H and O–H groups in total. The van der Waals surface area contributed by atoms with Crippen LogP contribution < -0.4 is 0 Å². The molecule has 1 aromatic carbocycles. The third-order valence-corrected chi connectivity index (χ3v) is 35.3. The summed E-state index contributed by atoms with van der Waals surface area (Å²) in [6.07, 6.45) is 16.9. The van der Waals surface area contributed by atoms with Crippen LogP contribution in [0.25, 0.3) is 0 Å². The zero-order chi connectivity index (χ0) is 60.5. The van der Waals surface area contributed by atoms with E-state index in [0.717, 1.165) is 76.3 Å². The number of hydrogen-bond acceptors (Lipinski definition) is 18. The van der Waals surface area contributed by atoms with Gasteiger partial charge in [0.2, 0.25) is 0 Å². The van der Waals surface area contributed by atoms with Gasteiger partial charge < -0.3 is 54.3 Å². The molecule has 1 rings (SSSR count). The van der Waals surface area contributed by atoms with Crippen LogP contribution in [-0.2, 0) is 101 Å². The Kier molecular flexibility index (Phi) is 46.2. The van der Waals surface area contributed by atoms with E-state index in [-0.39, 0.29) is 0 Å². The molecule has 0 saturated carbocycles. The second-order valence-corrected chi connectivity index (χ2v) is 40.2. The molecule has 1 aromatic rings. The molecule has 27 heteroatoms. The van der Waals surface area contributed by atoms with Crippen molar-refractivity contribution in [1.29, 1.82) is 0 Å². The van der Waals surface area contributed by atoms with Crippen molar-refractivity contribution < 1.29 is 81.7 Å². The van der Waals surface area contributed by atoms with Crippen LogP contribution in [0, 0.1) is 0 Å². The number of aryl methyl sites for hydroxylation is 3. The minimum atomic E-state index is -3.26. The Morgan fingerprint density at radius 1 is 0.247 bits per heavy atom. The molecule has 0 atom stereocenters. The first-order valence-electron chi connectivity index (χ1n) is 30.3. The summed E-state index contributed by atoms with van der Waals surface area (Å²) >= 11 is 0. The average molecular weight is 1330 g/mol. The van der Waals surface area contributed by atoms with E-state index in [0.29, 0.717) is 153 Å². The Morgan fingerprint density at radius 3 is 0.531 bits per heavy atom. The van der Waals surface area contributed by atoms with Crippen molar-refractivity contribution in [1.82, 2.24) is 0 Å². The van der Waals surface area contributed by atoms with Crippen LogP contribution in [-0.4, -0.2) is 172 Å². The van der Waals surface area contributed by atoms with Crippen molar-refractivity contribution in [3.8, 4) is 0 Å². The molecule has 0 radical (unpaired) electrons. The summed E-state index contributed by atoms with van der Waals surface area (Å²) < 4.78 is 149. The van der Waals surface area contributed by atoms with Crippen LogP contribution in [0.1, 0.15) is 138 Å². The van der Waals surface area contributed by atoms with Gasteiger partial charge in [-0.1, -0.05) is 18.2 Å². The van der Waals surface area contributed by atoms with E-state index < -0.39 is 69.3 Å². The fraction of sp³-hybridized carbons (Fsp3) is 0.889. The van der Waals surface area contributed by atoms with Gasteiger partial charge in [-0.3, -0.25) is 27.4 Å². The number of rotatable bonds is 57. The van der Waals surface area contributed by atoms with E-state index in [9.17, 15) is 27.4 Å². The molecule has 0 aliphatic carbocycles. The Labute approximate surface area is 496 Å². The molecule has 0 saturated heterocycles. The molecule has 480 valence electrons. The van der Waals surface area contributed by atoms with Gasteiger partial charge in [-0.05, 0) is 213 Å². The molecule has 0 aromatic heterocycles. The summed E-state index contributed by atoms with van der Waals surface area (Å²) in [5, 5.41) is 0. The zero-order valence-corrected chi connectivity index (χ0v) is 60.1. The third kappa shape index (κ3) is 36.6. The van der Waals surface area contributed by atoms with Crippen molar-refractivity contribution in [3.63, 3.8) is 0 Å². The molecule has 0 heterocycles. The molecule has 0 amide bonds. The quantitative estimate of drug-likeness (QED) is 0.0438. The lowest BCUT2D eigenvalue weighted by atomic mass is 9.96. The number of hydrogen-bond donors (Lipinski definition) is 0. The molecule has 0 aliphatic rings. The lowest BCUT2D eigenvalue weighted by Crippen LogP contribution is -2.09. The number of benzene rings is 1. The second kappa shape index (κ2) is 46.5. The monoisotopic (exact) mass is 1330 g/mol. The van der Waals surface area contributed by atoms with E-state index in [2.05, 4.69) is 18.2 Å². The first kappa shape index (κ1) is 80.4. The van der Waals surface area contributed by atoms with Gasteiger partial charge in [0.05, 0.1) is 116 Å². The van der Waals surface area contributed by atoms with Gasteiger partial charge in [-0.2, -0.15) is 0 Å². The lowest BCUT2D eigenvalue weighted by molar-refractivity contribution is 0.220. The van der Waals surface area contributed by atoms with E-state index in [4.69, 9.17) is 54.3 Å². The first-order valence-corrected chi connectivity index (χ1v) is 46.3. The maximum Gasteiger partial charge on any atom is 0.331 e. The van der Waals surface area contributed by atoms with Crippen LogP contribution in [0.2, 0.25) is 0 Å². The summed E-state index contributed by atoms with van der Waals surface area (Å²) in [5.74, 6) is 0. The molecule has 0 bridgehead atoms. The minimum Gasteiger partial charge on any atom is -0.309 e. The highest BCUT2D eigenvalue weighted by Gasteiger charge is 2.32. The van der Waals surface area contributed by atoms with Gasteiger partial charge in [0.15, 0.2) is 0 Å². The average Bonchev–Trinajstić information content (AvgIpc) is 3.41. The van der Waals surface area contributed by atoms with Crippen LogP contribution in [0.15, 0.2) is 18.2 Å². The normalized spacial score (nSPS) is 13.2. The largest absolute Gasteiger partial charge is 0.331 e. The predicted molar refractivity (Wildman–Crippen MR) is 344 cm³/mol. The topological polar surface area (TPSA) is 213 Å². The molecular weight excluding hydrogens is 1220 g/mol. The molecule has 0 spiro atoms. The van der Waals surface area contributed by atoms with Crippen molar-refractivity contribution in [2.45, 2.75) is 141 Å². The van der Waals surface area contributed by atoms with Gasteiger partial charge in [0, 0.05) is 0 Å². The minimum absolute atomic E-state index is 0.299. The molecule has 0 unspecified atom stereocenters. The van der Waals surface area contributed by atoms with Gasteiger partial charge in [-0.15, -0.1) is 23.8 Å². The maximum absolute atomic E-state index is 13.6. The zero-order valence-electron chi connectivity index (χ0n) is 52.1. The standard InChI is InChI=1S/C54H111O18P9/c1-13-61-76(55,62-14-2)43-37-73(38-44-77(56,63-15-3)64-16-4)34-28-25-31-52-49-53(32-26-29-35-74(39-45-78(57,65-17-5)66-18-6)40-46-79(58,67-19-7)68-20-8)51-54(50-52)33-27-30-36-75(41-47-80(59,69-21-9)70-22-10)42-48-81(60,71-23-11)72-24-12/h49-51H,13-48H2,1-12H3. The van der Waals surface area contributed by atoms with Crippen molar-refractivity contribution in [2.24, 2.45) is 0 Å². The van der Waals surface area contributed by atoms with Crippen molar-refractivity contribution in [3.05, 3.63) is 34.9 Å². The van der Waals surface area contributed by atoms with Crippen LogP contribution in [0.3, 0.4) is 0 Å². The third-order valence-electron chi connectivity index (χ3n) is 12.7. The van der Waals surface area contributed by atoms with E-state index >= 15 is 0 Å². The van der Waals surface area contributed by atoms with Gasteiger partial charge in [0.25, 0.3) is 0 Å². The molecular formula is C54H111O18P9. The maximum atomic E-state index is 13.6. The Hall–Kier alpha value is 1.41. The summed E-state index contributed by atoms with van der Waals surface area (Å²) in [7, 11) is -21.6. The van der Waals surface area contributed by atoms with Crippen molar-refractivity contribution >= 4 is 69.3 Å². The van der Waals surface area contributed by atoms with E-state index in [1.54, 1.807) is 0 Å². The van der Waals surface area contributed by atoms with Crippen LogP contribution >= 0.6 is 69.3 Å². The van der Waals surface area contributed by atoms with Crippen LogP contribution in [0.5, 0.6) is 0 Å². The number of unbranched alkanes of at least 4 members (excludes halogenated alkanes) is 3. The summed E-state index contributed by atoms with van der Waals surface area (Å²) in [6.45, 7) is 25.4. The van der Waals surface area contributed by atoms with E-state index in [1.165, 1.54) is 16.7 Å². The van der Waals surface area contributed by atoms with Gasteiger partial charge >= 0.3 is 45.6 Å². The Bertz CT molecular complexity index is 1670. The lowest BCUT2D eigenvalue weighted by Gasteiger charge is -2.24. The predicted octanol–water partition coefficient (Wildman–Crippen LogP) is 17.7. The Morgan fingerprint density at radius 2 is 0.395 bits per heavy atom. The fourth-order valence-corrected chi connectivity index (χ4v) is 32.6. The summed E-state index contributed by atoms with van der Waals surface area (Å²) in [5.41, 5.74) is 3.84. The van der Waals surface area contributed by atoms with Crippen molar-refractivity contribution in [2.75, 3.05) is 172 Å². The molecule has 81 heavy (non-hydrogen) atoms. The summed E-state index contributed by atoms with van der Waals surface area (Å²) in [4.78, 5) is 0. The van der Waals surface area contributed by atoms with Gasteiger partial charge in [-0.25, -0.2) is 0 Å². The SMILES string of the molecule is CCOP(=O)(CCP(CCCCc1cc(CCCCP(CCP(=O)(OCC)OCC)CCP(=O)(OCC)OCC)cc(CCCCP(CCP(=O)(OCC)OCC)CCP(=O)(OCC)OCC)c1)CCP(=O)(OCC)OCC)OCC. The first-order chi connectivity index (χ1) is 38.7. The second-order valence-electron chi connectivity index (χ2n) is 19.1. The smallest absolute Gasteiger partial charge is 0.309 e. The van der Waals surface area contributed by atoms with Gasteiger partial charge in [0.1, 0.15) is 0 Å². The summed E-state index contributed by atoms with van der Waals surface area (Å²) in [6, 6.07) is 7.04. The highest BCUT2D eigenvalue weighted by atomic mass is 31.2. The Balaban J connectivity index is 3.51. The van der Waals surface area contributed by atoms with Crippen LogP contribution in [0.4, 0.5) is 0 Å². The van der Waals surface area contributed by atoms with E-state index in [1.807, 2.05) is 83.1 Å². The highest BCUT2D eigenvalue weighted by Crippen LogP contribution is 2.58.